The lowest BCUT2D eigenvalue weighted by molar-refractivity contribution is -0.129. The molecular formula is C17H22FNO2. The predicted molar refractivity (Wildman–Crippen MR) is 78.5 cm³/mol. The molecule has 21 heavy (non-hydrogen) atoms. The molecule has 1 N–H and O–H groups in total. The van der Waals surface area contributed by atoms with Gasteiger partial charge in [-0.25, -0.2) is 4.39 Å². The minimum atomic E-state index is -0.505. The number of benzene rings is 1. The second kappa shape index (κ2) is 6.04. The first-order valence-electron chi connectivity index (χ1n) is 7.88. The minimum Gasteiger partial charge on any atom is -0.481 e. The summed E-state index contributed by atoms with van der Waals surface area (Å²) in [6.07, 6.45) is 5.04. The van der Waals surface area contributed by atoms with Gasteiger partial charge in [0.05, 0.1) is 0 Å². The van der Waals surface area contributed by atoms with Crippen molar-refractivity contribution in [2.45, 2.75) is 51.2 Å². The second-order valence-corrected chi connectivity index (χ2v) is 6.26. The highest BCUT2D eigenvalue weighted by atomic mass is 19.1. The van der Waals surface area contributed by atoms with E-state index in [9.17, 15) is 9.18 Å². The van der Waals surface area contributed by atoms with Crippen LogP contribution in [0.2, 0.25) is 0 Å². The summed E-state index contributed by atoms with van der Waals surface area (Å²) >= 11 is 0. The molecule has 4 heteroatoms. The van der Waals surface area contributed by atoms with Gasteiger partial charge < -0.3 is 10.1 Å². The van der Waals surface area contributed by atoms with Gasteiger partial charge in [0.1, 0.15) is 11.6 Å². The molecule has 1 aromatic rings. The summed E-state index contributed by atoms with van der Waals surface area (Å²) in [7, 11) is 0. The summed E-state index contributed by atoms with van der Waals surface area (Å²) in [4.78, 5) is 12.4. The van der Waals surface area contributed by atoms with Crippen LogP contribution in [0.25, 0.3) is 0 Å². The number of ether oxygens (including phenoxy) is 1. The number of rotatable bonds is 5. The van der Waals surface area contributed by atoms with Gasteiger partial charge in [0.25, 0.3) is 5.91 Å². The van der Waals surface area contributed by atoms with Gasteiger partial charge in [0.15, 0.2) is 6.10 Å². The summed E-state index contributed by atoms with van der Waals surface area (Å²) in [5.41, 5.74) is 0. The van der Waals surface area contributed by atoms with Crippen molar-refractivity contribution < 1.29 is 13.9 Å². The summed E-state index contributed by atoms with van der Waals surface area (Å²) in [6.45, 7) is 1.93. The van der Waals surface area contributed by atoms with Crippen molar-refractivity contribution in [2.24, 2.45) is 11.8 Å². The molecule has 4 atom stereocenters. The molecule has 0 radical (unpaired) electrons. The molecule has 2 saturated carbocycles. The Bertz CT molecular complexity index is 502. The maximum Gasteiger partial charge on any atom is 0.261 e. The van der Waals surface area contributed by atoms with Crippen molar-refractivity contribution >= 4 is 5.91 Å². The fourth-order valence-corrected chi connectivity index (χ4v) is 3.70. The van der Waals surface area contributed by atoms with Crippen LogP contribution in [-0.4, -0.2) is 18.1 Å². The van der Waals surface area contributed by atoms with E-state index in [0.29, 0.717) is 24.1 Å². The molecule has 3 rings (SSSR count). The molecule has 0 heterocycles. The molecule has 2 aliphatic carbocycles. The molecule has 0 spiro atoms. The van der Waals surface area contributed by atoms with Crippen LogP contribution in [0.1, 0.15) is 39.0 Å². The molecule has 2 aliphatic rings. The number of hydrogen-bond donors (Lipinski definition) is 1. The van der Waals surface area contributed by atoms with Crippen molar-refractivity contribution in [3.05, 3.63) is 30.1 Å². The summed E-state index contributed by atoms with van der Waals surface area (Å²) in [5.74, 6) is 1.65. The van der Waals surface area contributed by atoms with Gasteiger partial charge in [-0.2, -0.15) is 0 Å². The number of fused-ring (bicyclic) bond motifs is 2. The van der Waals surface area contributed by atoms with Crippen molar-refractivity contribution in [2.75, 3.05) is 0 Å². The van der Waals surface area contributed by atoms with Crippen LogP contribution in [0.5, 0.6) is 5.75 Å². The molecule has 0 aromatic heterocycles. The zero-order valence-electron chi connectivity index (χ0n) is 12.3. The normalized spacial score (nSPS) is 28.4. The Hall–Kier alpha value is -1.58. The molecule has 2 bridgehead atoms. The van der Waals surface area contributed by atoms with E-state index < -0.39 is 6.10 Å². The van der Waals surface area contributed by atoms with Gasteiger partial charge in [-0.15, -0.1) is 0 Å². The van der Waals surface area contributed by atoms with Crippen LogP contribution in [0.4, 0.5) is 4.39 Å². The molecule has 0 aliphatic heterocycles. The first-order valence-corrected chi connectivity index (χ1v) is 7.88. The number of nitrogens with one attached hydrogen (secondary N) is 1. The van der Waals surface area contributed by atoms with Crippen molar-refractivity contribution in [1.82, 2.24) is 5.32 Å². The molecule has 114 valence electrons. The van der Waals surface area contributed by atoms with Crippen molar-refractivity contribution in [3.8, 4) is 5.75 Å². The molecule has 1 aromatic carbocycles. The summed E-state index contributed by atoms with van der Waals surface area (Å²) in [6, 6.07) is 6.12. The Morgan fingerprint density at radius 1 is 1.33 bits per heavy atom. The summed E-state index contributed by atoms with van der Waals surface area (Å²) < 4.78 is 18.6. The molecular weight excluding hydrogens is 269 g/mol. The predicted octanol–water partition coefficient (Wildman–Crippen LogP) is 3.29. The Kier molecular flexibility index (Phi) is 4.13. The highest BCUT2D eigenvalue weighted by molar-refractivity contribution is 5.81. The lowest BCUT2D eigenvalue weighted by atomic mass is 9.95. The molecule has 3 nitrogen and oxygen atoms in total. The average Bonchev–Trinajstić information content (AvgIpc) is 3.09. The number of carbonyl (C=O) groups excluding carboxylic acids is 1. The van der Waals surface area contributed by atoms with Crippen LogP contribution in [0.15, 0.2) is 24.3 Å². The van der Waals surface area contributed by atoms with Gasteiger partial charge >= 0.3 is 0 Å². The van der Waals surface area contributed by atoms with Crippen LogP contribution in [0.3, 0.4) is 0 Å². The van der Waals surface area contributed by atoms with Crippen LogP contribution in [-0.2, 0) is 4.79 Å². The first kappa shape index (κ1) is 14.4. The SMILES string of the molecule is CC[C@@H](Oc1ccc(F)cc1)C(=O)N[C@@H]1C[C@@H]2CC[C@@H]1C2. The lowest BCUT2D eigenvalue weighted by Crippen LogP contribution is -2.45. The molecule has 0 unspecified atom stereocenters. The highest BCUT2D eigenvalue weighted by Gasteiger charge is 2.40. The van der Waals surface area contributed by atoms with Gasteiger partial charge in [-0.05, 0) is 61.8 Å². The smallest absolute Gasteiger partial charge is 0.261 e. The maximum absolute atomic E-state index is 12.9. The van der Waals surface area contributed by atoms with E-state index in [1.54, 1.807) is 12.1 Å². The van der Waals surface area contributed by atoms with Gasteiger partial charge in [0.2, 0.25) is 0 Å². The monoisotopic (exact) mass is 291 g/mol. The van der Waals surface area contributed by atoms with Crippen molar-refractivity contribution in [1.29, 1.82) is 0 Å². The lowest BCUT2D eigenvalue weighted by Gasteiger charge is -2.25. The number of amides is 1. The number of carbonyl (C=O) groups is 1. The van der Waals surface area contributed by atoms with E-state index in [1.807, 2.05) is 6.92 Å². The van der Waals surface area contributed by atoms with Crippen molar-refractivity contribution in [3.63, 3.8) is 0 Å². The fourth-order valence-electron chi connectivity index (χ4n) is 3.70. The van der Waals surface area contributed by atoms with E-state index in [0.717, 1.165) is 12.3 Å². The first-order chi connectivity index (χ1) is 10.2. The zero-order chi connectivity index (χ0) is 14.8. The van der Waals surface area contributed by atoms with E-state index >= 15 is 0 Å². The van der Waals surface area contributed by atoms with Crippen LogP contribution < -0.4 is 10.1 Å². The Balaban J connectivity index is 1.57. The Labute approximate surface area is 124 Å². The van der Waals surface area contributed by atoms with E-state index in [-0.39, 0.29) is 11.7 Å². The largest absolute Gasteiger partial charge is 0.481 e. The molecule has 1 amide bonds. The van der Waals surface area contributed by atoms with Gasteiger partial charge in [-0.3, -0.25) is 4.79 Å². The maximum atomic E-state index is 12.9. The fraction of sp³-hybridized carbons (Fsp3) is 0.588. The highest BCUT2D eigenvalue weighted by Crippen LogP contribution is 2.44. The molecule has 2 fully saturated rings. The number of halogens is 1. The van der Waals surface area contributed by atoms with Gasteiger partial charge in [-0.1, -0.05) is 13.3 Å². The quantitative estimate of drug-likeness (QED) is 0.904. The summed E-state index contributed by atoms with van der Waals surface area (Å²) in [5, 5.41) is 3.15. The number of hydrogen-bond acceptors (Lipinski definition) is 2. The van der Waals surface area contributed by atoms with Crippen LogP contribution >= 0.6 is 0 Å². The third-order valence-electron chi connectivity index (χ3n) is 4.82. The minimum absolute atomic E-state index is 0.0422. The van der Waals surface area contributed by atoms with E-state index in [1.165, 1.54) is 31.4 Å². The third kappa shape index (κ3) is 3.20. The topological polar surface area (TPSA) is 38.3 Å². The van der Waals surface area contributed by atoms with E-state index in [4.69, 9.17) is 4.74 Å². The van der Waals surface area contributed by atoms with E-state index in [2.05, 4.69) is 5.32 Å². The second-order valence-electron chi connectivity index (χ2n) is 6.26. The Morgan fingerprint density at radius 3 is 2.67 bits per heavy atom. The standard InChI is InChI=1S/C17H22FNO2/c1-2-16(21-14-7-5-13(18)6-8-14)17(20)19-15-10-11-3-4-12(15)9-11/h5-8,11-12,15-16H,2-4,9-10H2,1H3,(H,19,20)/t11-,12-,15-,16-/m1/s1. The molecule has 0 saturated heterocycles. The third-order valence-corrected chi connectivity index (χ3v) is 4.82. The zero-order valence-corrected chi connectivity index (χ0v) is 12.3. The van der Waals surface area contributed by atoms with Gasteiger partial charge in [0, 0.05) is 6.04 Å². The Morgan fingerprint density at radius 2 is 2.10 bits per heavy atom. The average molecular weight is 291 g/mol. The van der Waals surface area contributed by atoms with Crippen LogP contribution in [0, 0.1) is 17.7 Å².